The molecule has 2 N–H and O–H groups in total. The van der Waals surface area contributed by atoms with Crippen LogP contribution in [0.25, 0.3) is 0 Å². The molecule has 2 fully saturated rings. The van der Waals surface area contributed by atoms with Crippen LogP contribution in [0, 0.1) is 6.92 Å². The van der Waals surface area contributed by atoms with Crippen molar-refractivity contribution in [3.63, 3.8) is 0 Å². The highest BCUT2D eigenvalue weighted by Gasteiger charge is 2.34. The number of anilines is 1. The standard InChI is InChI=1S/C17H26N2O/c1-13-12-14(8-9-18)6-7-15(13)19-10-11-20-17-5-3-2-4-16(17)19/h6-7,12,16-17H,2-5,8-11,18H2,1H3. The van der Waals surface area contributed by atoms with Gasteiger partial charge in [0, 0.05) is 12.2 Å². The average Bonchev–Trinajstić information content (AvgIpc) is 2.47. The van der Waals surface area contributed by atoms with Gasteiger partial charge in [0.2, 0.25) is 0 Å². The Morgan fingerprint density at radius 1 is 1.30 bits per heavy atom. The van der Waals surface area contributed by atoms with E-state index in [1.165, 1.54) is 42.5 Å². The van der Waals surface area contributed by atoms with E-state index in [1.54, 1.807) is 0 Å². The van der Waals surface area contributed by atoms with Crippen molar-refractivity contribution in [2.45, 2.75) is 51.2 Å². The number of rotatable bonds is 3. The van der Waals surface area contributed by atoms with Crippen molar-refractivity contribution in [3.05, 3.63) is 29.3 Å². The van der Waals surface area contributed by atoms with E-state index in [2.05, 4.69) is 30.0 Å². The summed E-state index contributed by atoms with van der Waals surface area (Å²) in [6, 6.07) is 7.41. The molecule has 0 amide bonds. The summed E-state index contributed by atoms with van der Waals surface area (Å²) in [5.74, 6) is 0. The van der Waals surface area contributed by atoms with Crippen LogP contribution in [0.1, 0.15) is 36.8 Å². The molecule has 1 saturated heterocycles. The Labute approximate surface area is 122 Å². The van der Waals surface area contributed by atoms with Gasteiger partial charge in [-0.1, -0.05) is 25.0 Å². The normalized spacial score (nSPS) is 26.4. The second kappa shape index (κ2) is 6.15. The first-order valence-corrected chi connectivity index (χ1v) is 7.97. The number of nitrogens with two attached hydrogens (primary N) is 1. The van der Waals surface area contributed by atoms with Crippen LogP contribution in [-0.2, 0) is 11.2 Å². The minimum absolute atomic E-state index is 0.445. The lowest BCUT2D eigenvalue weighted by Crippen LogP contribution is -2.53. The van der Waals surface area contributed by atoms with E-state index in [9.17, 15) is 0 Å². The zero-order valence-electron chi connectivity index (χ0n) is 12.5. The molecule has 2 aliphatic rings. The first kappa shape index (κ1) is 13.9. The van der Waals surface area contributed by atoms with Crippen LogP contribution in [0.4, 0.5) is 5.69 Å². The van der Waals surface area contributed by atoms with Crippen molar-refractivity contribution < 1.29 is 4.74 Å². The van der Waals surface area contributed by atoms with Crippen molar-refractivity contribution in [2.75, 3.05) is 24.6 Å². The number of nitrogens with zero attached hydrogens (tertiary/aromatic N) is 1. The second-order valence-corrected chi connectivity index (χ2v) is 6.11. The monoisotopic (exact) mass is 274 g/mol. The topological polar surface area (TPSA) is 38.5 Å². The average molecular weight is 274 g/mol. The molecular weight excluding hydrogens is 248 g/mol. The minimum Gasteiger partial charge on any atom is -0.374 e. The SMILES string of the molecule is Cc1cc(CCN)ccc1N1CCOC2CCCCC21. The molecule has 1 aliphatic heterocycles. The number of ether oxygens (including phenoxy) is 1. The summed E-state index contributed by atoms with van der Waals surface area (Å²) in [5, 5.41) is 0. The van der Waals surface area contributed by atoms with Crippen LogP contribution in [-0.4, -0.2) is 31.8 Å². The first-order chi connectivity index (χ1) is 9.79. The van der Waals surface area contributed by atoms with E-state index in [1.807, 2.05) is 0 Å². The quantitative estimate of drug-likeness (QED) is 0.921. The van der Waals surface area contributed by atoms with Crippen molar-refractivity contribution >= 4 is 5.69 Å². The third kappa shape index (κ3) is 2.70. The lowest BCUT2D eigenvalue weighted by molar-refractivity contribution is -0.00871. The fraction of sp³-hybridized carbons (Fsp3) is 0.647. The first-order valence-electron chi connectivity index (χ1n) is 7.97. The highest BCUT2D eigenvalue weighted by molar-refractivity contribution is 5.56. The summed E-state index contributed by atoms with van der Waals surface area (Å²) in [6.07, 6.45) is 6.58. The molecule has 1 heterocycles. The molecule has 3 rings (SSSR count). The van der Waals surface area contributed by atoms with Gasteiger partial charge in [-0.25, -0.2) is 0 Å². The van der Waals surface area contributed by atoms with Gasteiger partial charge in [-0.3, -0.25) is 0 Å². The molecule has 110 valence electrons. The van der Waals surface area contributed by atoms with Crippen LogP contribution >= 0.6 is 0 Å². The van der Waals surface area contributed by atoms with Crippen molar-refractivity contribution in [1.82, 2.24) is 0 Å². The van der Waals surface area contributed by atoms with E-state index in [-0.39, 0.29) is 0 Å². The van der Waals surface area contributed by atoms with Crippen molar-refractivity contribution in [1.29, 1.82) is 0 Å². The van der Waals surface area contributed by atoms with Gasteiger partial charge < -0.3 is 15.4 Å². The van der Waals surface area contributed by atoms with E-state index < -0.39 is 0 Å². The minimum atomic E-state index is 0.445. The summed E-state index contributed by atoms with van der Waals surface area (Å²) in [5.41, 5.74) is 9.77. The lowest BCUT2D eigenvalue weighted by atomic mass is 9.89. The molecule has 3 nitrogen and oxygen atoms in total. The Balaban J connectivity index is 1.83. The van der Waals surface area contributed by atoms with Crippen LogP contribution in [0.3, 0.4) is 0 Å². The molecule has 1 aliphatic carbocycles. The van der Waals surface area contributed by atoms with Crippen molar-refractivity contribution in [2.24, 2.45) is 5.73 Å². The summed E-state index contributed by atoms with van der Waals surface area (Å²) >= 11 is 0. The van der Waals surface area contributed by atoms with Crippen LogP contribution in [0.2, 0.25) is 0 Å². The second-order valence-electron chi connectivity index (χ2n) is 6.11. The highest BCUT2D eigenvalue weighted by atomic mass is 16.5. The Kier molecular flexibility index (Phi) is 4.27. The van der Waals surface area contributed by atoms with Crippen molar-refractivity contribution in [3.8, 4) is 0 Å². The Morgan fingerprint density at radius 3 is 2.95 bits per heavy atom. The molecular formula is C17H26N2O. The summed E-state index contributed by atoms with van der Waals surface area (Å²) < 4.78 is 5.98. The van der Waals surface area contributed by atoms with E-state index in [0.29, 0.717) is 12.1 Å². The predicted molar refractivity (Wildman–Crippen MR) is 83.3 cm³/mol. The molecule has 0 aromatic heterocycles. The van der Waals surface area contributed by atoms with Crippen LogP contribution in [0.5, 0.6) is 0 Å². The summed E-state index contributed by atoms with van der Waals surface area (Å²) in [7, 11) is 0. The van der Waals surface area contributed by atoms with Gasteiger partial charge in [0.15, 0.2) is 0 Å². The molecule has 0 radical (unpaired) electrons. The van der Waals surface area contributed by atoms with Crippen LogP contribution in [0.15, 0.2) is 18.2 Å². The number of fused-ring (bicyclic) bond motifs is 1. The maximum atomic E-state index is 5.98. The van der Waals surface area contributed by atoms with Gasteiger partial charge in [0.1, 0.15) is 0 Å². The summed E-state index contributed by atoms with van der Waals surface area (Å²) in [4.78, 5) is 2.59. The number of hydrogen-bond donors (Lipinski definition) is 1. The maximum Gasteiger partial charge on any atom is 0.0779 e. The lowest BCUT2D eigenvalue weighted by Gasteiger charge is -2.45. The molecule has 2 atom stereocenters. The highest BCUT2D eigenvalue weighted by Crippen LogP contribution is 2.33. The number of benzene rings is 1. The fourth-order valence-corrected chi connectivity index (χ4v) is 3.76. The number of morpholine rings is 1. The molecule has 1 aromatic carbocycles. The molecule has 1 saturated carbocycles. The van der Waals surface area contributed by atoms with Gasteiger partial charge in [0.25, 0.3) is 0 Å². The third-order valence-electron chi connectivity index (χ3n) is 4.74. The van der Waals surface area contributed by atoms with E-state index in [0.717, 1.165) is 26.1 Å². The molecule has 0 bridgehead atoms. The van der Waals surface area contributed by atoms with Gasteiger partial charge in [-0.15, -0.1) is 0 Å². The van der Waals surface area contributed by atoms with Gasteiger partial charge in [0.05, 0.1) is 18.8 Å². The smallest absolute Gasteiger partial charge is 0.0779 e. The van der Waals surface area contributed by atoms with E-state index >= 15 is 0 Å². The maximum absolute atomic E-state index is 5.98. The molecule has 0 spiro atoms. The van der Waals surface area contributed by atoms with Gasteiger partial charge in [-0.2, -0.15) is 0 Å². The molecule has 3 heteroatoms. The predicted octanol–water partition coefficient (Wildman–Crippen LogP) is 2.64. The van der Waals surface area contributed by atoms with Gasteiger partial charge in [-0.05, 0) is 49.9 Å². The van der Waals surface area contributed by atoms with E-state index in [4.69, 9.17) is 10.5 Å². The van der Waals surface area contributed by atoms with Gasteiger partial charge >= 0.3 is 0 Å². The van der Waals surface area contributed by atoms with Crippen LogP contribution < -0.4 is 10.6 Å². The number of aryl methyl sites for hydroxylation is 1. The fourth-order valence-electron chi connectivity index (χ4n) is 3.76. The Bertz CT molecular complexity index is 458. The third-order valence-corrected chi connectivity index (χ3v) is 4.74. The summed E-state index contributed by atoms with van der Waals surface area (Å²) in [6.45, 7) is 4.84. The largest absolute Gasteiger partial charge is 0.374 e. The molecule has 2 unspecified atom stereocenters. The molecule has 1 aromatic rings. The number of hydrogen-bond acceptors (Lipinski definition) is 3. The Hall–Kier alpha value is -1.06. The Morgan fingerprint density at radius 2 is 2.15 bits per heavy atom. The zero-order chi connectivity index (χ0) is 13.9. The molecule has 20 heavy (non-hydrogen) atoms. The zero-order valence-corrected chi connectivity index (χ0v) is 12.5.